The normalized spacial score (nSPS) is 11.7. The van der Waals surface area contributed by atoms with Crippen LogP contribution in [0.3, 0.4) is 0 Å². The highest BCUT2D eigenvalue weighted by Crippen LogP contribution is 2.24. The zero-order valence-electron chi connectivity index (χ0n) is 13.5. The minimum absolute atomic E-state index is 0.0532. The summed E-state index contributed by atoms with van der Waals surface area (Å²) in [6.45, 7) is 2.26. The van der Waals surface area contributed by atoms with Crippen molar-refractivity contribution < 1.29 is 9.53 Å². The van der Waals surface area contributed by atoms with Crippen molar-refractivity contribution >= 4 is 29.0 Å². The van der Waals surface area contributed by atoms with Gasteiger partial charge >= 0.3 is 0 Å². The van der Waals surface area contributed by atoms with Crippen molar-refractivity contribution in [1.29, 1.82) is 0 Å². The van der Waals surface area contributed by atoms with E-state index in [4.69, 9.17) is 4.74 Å². The quantitative estimate of drug-likeness (QED) is 0.640. The van der Waals surface area contributed by atoms with E-state index in [0.717, 1.165) is 15.7 Å². The average molecular weight is 372 g/mol. The summed E-state index contributed by atoms with van der Waals surface area (Å²) in [7, 11) is 0. The third-order valence-electron chi connectivity index (χ3n) is 3.22. The van der Waals surface area contributed by atoms with Crippen molar-refractivity contribution in [2.75, 3.05) is 0 Å². The predicted octanol–water partition coefficient (Wildman–Crippen LogP) is 3.52. The van der Waals surface area contributed by atoms with Gasteiger partial charge in [0.1, 0.15) is 11.3 Å². The molecule has 1 aromatic carbocycles. The van der Waals surface area contributed by atoms with E-state index in [9.17, 15) is 4.79 Å². The number of hydrogen-bond acceptors (Lipinski definition) is 7. The van der Waals surface area contributed by atoms with Crippen molar-refractivity contribution in [3.05, 3.63) is 59.7 Å². The first kappa shape index (κ1) is 17.4. The molecule has 0 bridgehead atoms. The first-order chi connectivity index (χ1) is 12.2. The molecule has 0 aliphatic rings. The Labute approximate surface area is 153 Å². The van der Waals surface area contributed by atoms with Crippen LogP contribution in [-0.4, -0.2) is 26.3 Å². The zero-order valence-corrected chi connectivity index (χ0v) is 15.1. The number of aromatic nitrogens is 3. The second kappa shape index (κ2) is 8.59. The van der Waals surface area contributed by atoms with E-state index in [2.05, 4.69) is 20.5 Å². The van der Waals surface area contributed by atoms with E-state index >= 15 is 0 Å². The number of ether oxygens (including phenoxy) is 1. The number of carbonyl (C=O) groups is 1. The van der Waals surface area contributed by atoms with Crippen LogP contribution in [0.5, 0.6) is 11.6 Å². The second-order valence-corrected chi connectivity index (χ2v) is 7.52. The highest BCUT2D eigenvalue weighted by Gasteiger charge is 2.15. The molecular formula is C17H16N4O2S2. The first-order valence-corrected chi connectivity index (χ1v) is 9.35. The molecule has 2 heterocycles. The summed E-state index contributed by atoms with van der Waals surface area (Å²) in [6.07, 6.45) is 1.67. The SMILES string of the molecule is CC(Sc1nncs1)C(=O)NCc1ccnc(Oc2ccccc2)c1. The highest BCUT2D eigenvalue weighted by atomic mass is 32.2. The fourth-order valence-corrected chi connectivity index (χ4v) is 3.63. The molecule has 128 valence electrons. The molecule has 3 aromatic rings. The monoisotopic (exact) mass is 372 g/mol. The third-order valence-corrected chi connectivity index (χ3v) is 5.13. The number of amides is 1. The number of pyridine rings is 1. The summed E-state index contributed by atoms with van der Waals surface area (Å²) < 4.78 is 6.48. The van der Waals surface area contributed by atoms with Crippen LogP contribution in [0.2, 0.25) is 0 Å². The summed E-state index contributed by atoms with van der Waals surface area (Å²) in [5, 5.41) is 10.4. The lowest BCUT2D eigenvalue weighted by Gasteiger charge is -2.11. The summed E-state index contributed by atoms with van der Waals surface area (Å²) in [6, 6.07) is 13.1. The Bertz CT molecular complexity index is 813. The molecule has 1 N–H and O–H groups in total. The van der Waals surface area contributed by atoms with Gasteiger partial charge in [0.05, 0.1) is 5.25 Å². The number of nitrogens with zero attached hydrogens (tertiary/aromatic N) is 3. The smallest absolute Gasteiger partial charge is 0.233 e. The van der Waals surface area contributed by atoms with Crippen LogP contribution in [0.1, 0.15) is 12.5 Å². The number of benzene rings is 1. The fourth-order valence-electron chi connectivity index (χ4n) is 1.98. The van der Waals surface area contributed by atoms with Gasteiger partial charge in [0, 0.05) is 18.8 Å². The van der Waals surface area contributed by atoms with Crippen molar-refractivity contribution in [2.24, 2.45) is 0 Å². The lowest BCUT2D eigenvalue weighted by Crippen LogP contribution is -2.30. The molecule has 6 nitrogen and oxygen atoms in total. The third kappa shape index (κ3) is 5.27. The molecule has 1 unspecified atom stereocenters. The molecule has 2 aromatic heterocycles. The number of carbonyl (C=O) groups excluding carboxylic acids is 1. The summed E-state index contributed by atoms with van der Waals surface area (Å²) in [5.74, 6) is 1.16. The van der Waals surface area contributed by atoms with Gasteiger partial charge in [-0.2, -0.15) is 0 Å². The van der Waals surface area contributed by atoms with Crippen LogP contribution in [0.15, 0.2) is 58.5 Å². The minimum atomic E-state index is -0.241. The predicted molar refractivity (Wildman–Crippen MR) is 97.8 cm³/mol. The molecule has 8 heteroatoms. The standard InChI is InChI=1S/C17H16N4O2S2/c1-12(25-17-21-20-11-24-17)16(22)19-10-13-7-8-18-15(9-13)23-14-5-3-2-4-6-14/h2-9,11-12H,10H2,1H3,(H,19,22). The Morgan fingerprint density at radius 3 is 2.92 bits per heavy atom. The van der Waals surface area contributed by atoms with Gasteiger partial charge in [-0.15, -0.1) is 10.2 Å². The fraction of sp³-hybridized carbons (Fsp3) is 0.176. The highest BCUT2D eigenvalue weighted by molar-refractivity contribution is 8.02. The van der Waals surface area contributed by atoms with E-state index < -0.39 is 0 Å². The van der Waals surface area contributed by atoms with Crippen molar-refractivity contribution in [3.8, 4) is 11.6 Å². The molecule has 0 saturated heterocycles. The van der Waals surface area contributed by atoms with Gasteiger partial charge in [-0.05, 0) is 30.7 Å². The second-order valence-electron chi connectivity index (χ2n) is 5.10. The van der Waals surface area contributed by atoms with Crippen LogP contribution in [0.25, 0.3) is 0 Å². The molecule has 0 aliphatic carbocycles. The van der Waals surface area contributed by atoms with E-state index in [1.807, 2.05) is 49.4 Å². The molecule has 0 saturated carbocycles. The van der Waals surface area contributed by atoms with Crippen molar-refractivity contribution in [3.63, 3.8) is 0 Å². The minimum Gasteiger partial charge on any atom is -0.439 e. The van der Waals surface area contributed by atoms with Crippen LogP contribution < -0.4 is 10.1 Å². The van der Waals surface area contributed by atoms with Crippen molar-refractivity contribution in [1.82, 2.24) is 20.5 Å². The van der Waals surface area contributed by atoms with Crippen LogP contribution in [0, 0.1) is 0 Å². The van der Waals surface area contributed by atoms with Crippen LogP contribution >= 0.6 is 23.1 Å². The maximum absolute atomic E-state index is 12.2. The molecule has 0 spiro atoms. The summed E-state index contributed by atoms with van der Waals surface area (Å²) >= 11 is 2.82. The maximum atomic E-state index is 12.2. The number of rotatable bonds is 7. The molecular weight excluding hydrogens is 356 g/mol. The van der Waals surface area contributed by atoms with Gasteiger partial charge < -0.3 is 10.1 Å². The molecule has 0 aliphatic heterocycles. The van der Waals surface area contributed by atoms with Gasteiger partial charge in [-0.3, -0.25) is 4.79 Å². The van der Waals surface area contributed by atoms with E-state index in [1.54, 1.807) is 11.7 Å². The van der Waals surface area contributed by atoms with E-state index in [-0.39, 0.29) is 11.2 Å². The Kier molecular flexibility index (Phi) is 5.97. The number of para-hydroxylation sites is 1. The van der Waals surface area contributed by atoms with Crippen LogP contribution in [0.4, 0.5) is 0 Å². The molecule has 25 heavy (non-hydrogen) atoms. The number of thioether (sulfide) groups is 1. The Morgan fingerprint density at radius 1 is 1.32 bits per heavy atom. The lowest BCUT2D eigenvalue weighted by molar-refractivity contribution is -0.120. The first-order valence-electron chi connectivity index (χ1n) is 7.59. The topological polar surface area (TPSA) is 77.0 Å². The molecule has 0 fully saturated rings. The molecule has 3 rings (SSSR count). The van der Waals surface area contributed by atoms with Gasteiger partial charge in [-0.1, -0.05) is 41.3 Å². The number of hydrogen-bond donors (Lipinski definition) is 1. The van der Waals surface area contributed by atoms with E-state index in [1.165, 1.54) is 23.1 Å². The average Bonchev–Trinajstić information content (AvgIpc) is 3.14. The zero-order chi connectivity index (χ0) is 17.5. The van der Waals surface area contributed by atoms with Gasteiger partial charge in [0.2, 0.25) is 11.8 Å². The number of nitrogens with one attached hydrogen (secondary N) is 1. The Balaban J connectivity index is 1.54. The van der Waals surface area contributed by atoms with Gasteiger partial charge in [-0.25, -0.2) is 4.98 Å². The van der Waals surface area contributed by atoms with Gasteiger partial charge in [0.15, 0.2) is 4.34 Å². The lowest BCUT2D eigenvalue weighted by atomic mass is 10.2. The van der Waals surface area contributed by atoms with Crippen LogP contribution in [-0.2, 0) is 11.3 Å². The molecule has 1 atom stereocenters. The largest absolute Gasteiger partial charge is 0.439 e. The maximum Gasteiger partial charge on any atom is 0.233 e. The van der Waals surface area contributed by atoms with E-state index in [0.29, 0.717) is 12.4 Å². The molecule has 0 radical (unpaired) electrons. The summed E-state index contributed by atoms with van der Waals surface area (Å²) in [4.78, 5) is 16.4. The van der Waals surface area contributed by atoms with Gasteiger partial charge in [0.25, 0.3) is 0 Å². The Morgan fingerprint density at radius 2 is 2.16 bits per heavy atom. The summed E-state index contributed by atoms with van der Waals surface area (Å²) in [5.41, 5.74) is 2.57. The van der Waals surface area contributed by atoms with Crippen molar-refractivity contribution in [2.45, 2.75) is 23.1 Å². The Hall–Kier alpha value is -2.45. The molecule has 1 amide bonds.